The number of anilines is 1. The molecule has 8 rings (SSSR count). The van der Waals surface area contributed by atoms with Crippen LogP contribution in [0.4, 0.5) is 19.0 Å². The number of alkyl halides is 3. The molecule has 5 aliphatic rings. The van der Waals surface area contributed by atoms with Crippen molar-refractivity contribution in [2.24, 2.45) is 0 Å². The molecule has 0 amide bonds. The number of benzene rings is 1. The van der Waals surface area contributed by atoms with Crippen molar-refractivity contribution in [1.82, 2.24) is 30.0 Å². The first kappa shape index (κ1) is 24.4. The lowest BCUT2D eigenvalue weighted by Crippen LogP contribution is -2.61. The van der Waals surface area contributed by atoms with Crippen LogP contribution in [0.5, 0.6) is 11.8 Å². The van der Waals surface area contributed by atoms with E-state index in [2.05, 4.69) is 25.3 Å². The fourth-order valence-electron chi connectivity index (χ4n) is 6.83. The third-order valence-electron chi connectivity index (χ3n) is 8.76. The number of piperazine rings is 1. The van der Waals surface area contributed by atoms with Crippen LogP contribution >= 0.6 is 11.6 Å². The molecule has 2 unspecified atom stereocenters. The van der Waals surface area contributed by atoms with Crippen LogP contribution in [0.3, 0.4) is 0 Å². The standard InChI is InChI=1S/C27H29ClF3N7O3/c28-19-9-17(39)10-20(21(19)27(29,30)31)38-24(40)22-18(12-33-38)23(37-13-15-3-4-16(37)11-32-15)35-25(34-22)41-14-26-5-1-7-36(26)8-2-6-26/h9-10,12,15-16,32,39H,1-8,11,13-14H2/i14D2. The minimum Gasteiger partial charge on any atom is -0.508 e. The monoisotopic (exact) mass is 593 g/mol. The molecule has 2 bridgehead atoms. The number of piperidine rings is 2. The van der Waals surface area contributed by atoms with Gasteiger partial charge in [-0.3, -0.25) is 9.69 Å². The summed E-state index contributed by atoms with van der Waals surface area (Å²) in [6.45, 7) is 0.528. The first-order chi connectivity index (χ1) is 20.4. The Balaban J connectivity index is 1.41. The number of hydrogen-bond donors (Lipinski definition) is 2. The second-order valence-electron chi connectivity index (χ2n) is 11.2. The van der Waals surface area contributed by atoms with Gasteiger partial charge in [0.25, 0.3) is 5.56 Å². The number of aromatic hydroxyl groups is 1. The van der Waals surface area contributed by atoms with Crippen LogP contribution in [0.1, 0.15) is 46.8 Å². The second-order valence-corrected chi connectivity index (χ2v) is 11.6. The van der Waals surface area contributed by atoms with E-state index in [4.69, 9.17) is 19.1 Å². The van der Waals surface area contributed by atoms with Gasteiger partial charge in [-0.1, -0.05) is 11.6 Å². The lowest BCUT2D eigenvalue weighted by atomic mass is 9.93. The Morgan fingerprint density at radius 2 is 2.00 bits per heavy atom. The van der Waals surface area contributed by atoms with E-state index < -0.39 is 45.9 Å². The fraction of sp³-hybridized carbons (Fsp3) is 0.556. The summed E-state index contributed by atoms with van der Waals surface area (Å²) in [7, 11) is 0. The molecule has 0 radical (unpaired) electrons. The van der Waals surface area contributed by atoms with Crippen molar-refractivity contribution in [2.75, 3.05) is 37.6 Å². The van der Waals surface area contributed by atoms with Crippen LogP contribution in [0.15, 0.2) is 23.1 Å². The Kier molecular flexibility index (Phi) is 5.78. The first-order valence-corrected chi connectivity index (χ1v) is 14.1. The number of rotatable bonds is 5. The van der Waals surface area contributed by atoms with E-state index in [0.717, 1.165) is 50.9 Å². The number of phenols is 1. The summed E-state index contributed by atoms with van der Waals surface area (Å²) >= 11 is 5.88. The predicted octanol–water partition coefficient (Wildman–Crippen LogP) is 3.50. The van der Waals surface area contributed by atoms with Gasteiger partial charge < -0.3 is 20.1 Å². The molecule has 2 N–H and O–H groups in total. The molecule has 0 aliphatic carbocycles. The molecule has 2 aromatic heterocycles. The lowest BCUT2D eigenvalue weighted by Gasteiger charge is -2.46. The largest absolute Gasteiger partial charge is 0.508 e. The van der Waals surface area contributed by atoms with Gasteiger partial charge in [0, 0.05) is 31.2 Å². The molecule has 218 valence electrons. The van der Waals surface area contributed by atoms with E-state index in [9.17, 15) is 23.1 Å². The highest BCUT2D eigenvalue weighted by Crippen LogP contribution is 2.41. The maximum Gasteiger partial charge on any atom is 0.419 e. The summed E-state index contributed by atoms with van der Waals surface area (Å²) in [5, 5.41) is 17.0. The minimum atomic E-state index is -4.97. The average molecular weight is 594 g/mol. The maximum absolute atomic E-state index is 14.1. The highest BCUT2D eigenvalue weighted by molar-refractivity contribution is 6.31. The zero-order valence-corrected chi connectivity index (χ0v) is 22.7. The summed E-state index contributed by atoms with van der Waals surface area (Å²) in [6.07, 6.45) is 0.894. The second kappa shape index (κ2) is 9.70. The van der Waals surface area contributed by atoms with Gasteiger partial charge in [-0.05, 0) is 57.7 Å². The zero-order chi connectivity index (χ0) is 30.3. The van der Waals surface area contributed by atoms with Gasteiger partial charge in [-0.15, -0.1) is 0 Å². The van der Waals surface area contributed by atoms with Crippen molar-refractivity contribution >= 4 is 28.3 Å². The summed E-state index contributed by atoms with van der Waals surface area (Å²) in [5.74, 6) is -0.280. The van der Waals surface area contributed by atoms with Gasteiger partial charge >= 0.3 is 12.2 Å². The van der Waals surface area contributed by atoms with E-state index in [0.29, 0.717) is 36.4 Å². The third-order valence-corrected chi connectivity index (χ3v) is 9.06. The van der Waals surface area contributed by atoms with Crippen LogP contribution in [0.25, 0.3) is 16.6 Å². The topological polar surface area (TPSA) is 109 Å². The van der Waals surface area contributed by atoms with Crippen molar-refractivity contribution < 1.29 is 25.8 Å². The van der Waals surface area contributed by atoms with Crippen molar-refractivity contribution in [3.8, 4) is 17.4 Å². The molecule has 1 aromatic carbocycles. The Labute approximate surface area is 240 Å². The number of phenolic OH excluding ortho intramolecular Hbond substituents is 1. The Morgan fingerprint density at radius 1 is 1.22 bits per heavy atom. The third kappa shape index (κ3) is 4.49. The molecular weight excluding hydrogens is 563 g/mol. The average Bonchev–Trinajstić information content (AvgIpc) is 3.55. The van der Waals surface area contributed by atoms with Crippen molar-refractivity contribution in [3.63, 3.8) is 0 Å². The van der Waals surface area contributed by atoms with E-state index >= 15 is 0 Å². The molecule has 0 spiro atoms. The van der Waals surface area contributed by atoms with Crippen LogP contribution in [-0.4, -0.2) is 80.1 Å². The fourth-order valence-corrected chi connectivity index (χ4v) is 7.15. The Hall–Kier alpha value is -3.16. The van der Waals surface area contributed by atoms with Gasteiger partial charge in [0.15, 0.2) is 0 Å². The predicted molar refractivity (Wildman–Crippen MR) is 145 cm³/mol. The number of ether oxygens (including phenoxy) is 1. The Morgan fingerprint density at radius 3 is 2.66 bits per heavy atom. The lowest BCUT2D eigenvalue weighted by molar-refractivity contribution is -0.137. The molecule has 10 nitrogen and oxygen atoms in total. The number of nitrogens with zero attached hydrogens (tertiary/aromatic N) is 6. The summed E-state index contributed by atoms with van der Waals surface area (Å²) in [4.78, 5) is 26.9. The normalized spacial score (nSPS) is 24.9. The molecule has 14 heteroatoms. The quantitative estimate of drug-likeness (QED) is 0.459. The molecule has 3 aromatic rings. The molecule has 5 fully saturated rings. The van der Waals surface area contributed by atoms with Crippen LogP contribution < -0.4 is 20.5 Å². The van der Waals surface area contributed by atoms with E-state index in [-0.39, 0.29) is 29.0 Å². The van der Waals surface area contributed by atoms with Gasteiger partial charge in [-0.2, -0.15) is 32.9 Å². The van der Waals surface area contributed by atoms with Gasteiger partial charge in [0.1, 0.15) is 29.2 Å². The van der Waals surface area contributed by atoms with E-state index in [1.165, 1.54) is 6.20 Å². The molecule has 0 saturated carbocycles. The number of hydrogen-bond acceptors (Lipinski definition) is 9. The number of aromatic nitrogens is 4. The van der Waals surface area contributed by atoms with E-state index in [1.807, 2.05) is 4.90 Å². The molecular formula is C27H29ClF3N7O3. The Bertz CT molecular complexity index is 1660. The number of halogens is 4. The van der Waals surface area contributed by atoms with Crippen LogP contribution in [0.2, 0.25) is 5.02 Å². The van der Waals surface area contributed by atoms with Gasteiger partial charge in [0.05, 0.1) is 30.6 Å². The molecule has 5 saturated heterocycles. The van der Waals surface area contributed by atoms with Crippen LogP contribution in [0, 0.1) is 0 Å². The molecule has 2 atom stereocenters. The van der Waals surface area contributed by atoms with Crippen molar-refractivity contribution in [2.45, 2.75) is 62.3 Å². The smallest absolute Gasteiger partial charge is 0.419 e. The molecule has 41 heavy (non-hydrogen) atoms. The minimum absolute atomic E-state index is 0.0237. The van der Waals surface area contributed by atoms with Gasteiger partial charge in [0.2, 0.25) is 0 Å². The van der Waals surface area contributed by atoms with E-state index in [1.54, 1.807) is 0 Å². The van der Waals surface area contributed by atoms with Gasteiger partial charge in [-0.25, -0.2) is 0 Å². The molecule has 5 aliphatic heterocycles. The summed E-state index contributed by atoms with van der Waals surface area (Å²) in [6, 6.07) is 1.32. The zero-order valence-electron chi connectivity index (χ0n) is 23.9. The summed E-state index contributed by atoms with van der Waals surface area (Å²) < 4.78 is 66.6. The van der Waals surface area contributed by atoms with Crippen molar-refractivity contribution in [3.05, 3.63) is 39.3 Å². The van der Waals surface area contributed by atoms with Crippen LogP contribution in [-0.2, 0) is 6.18 Å². The SMILES string of the molecule is [2H]C([2H])(Oc1nc(N2CC3CCC2CN3)c2cnn(-c3cc(O)cc(Cl)c3C(F)(F)F)c(=O)c2n1)C12CCCN1CCC2. The first-order valence-electron chi connectivity index (χ1n) is 14.7. The number of fused-ring (bicyclic) bond motifs is 5. The summed E-state index contributed by atoms with van der Waals surface area (Å²) in [5.41, 5.74) is -4.29. The highest BCUT2D eigenvalue weighted by atomic mass is 35.5. The number of nitrogens with one attached hydrogen (secondary N) is 1. The highest BCUT2D eigenvalue weighted by Gasteiger charge is 2.45. The maximum atomic E-state index is 14.1. The molecule has 7 heterocycles. The van der Waals surface area contributed by atoms with Crippen molar-refractivity contribution in [1.29, 1.82) is 0 Å².